The van der Waals surface area contributed by atoms with Gasteiger partial charge in [0.1, 0.15) is 0 Å². The summed E-state index contributed by atoms with van der Waals surface area (Å²) in [6.45, 7) is -1.16. The molecule has 0 aromatic rings. The van der Waals surface area contributed by atoms with E-state index in [1.807, 2.05) is 0 Å². The van der Waals surface area contributed by atoms with Crippen LogP contribution in [0.15, 0.2) is 0 Å². The Bertz CT molecular complexity index is 218. The van der Waals surface area contributed by atoms with Crippen molar-refractivity contribution in [2.45, 2.75) is 18.5 Å². The molecule has 3 N–H and O–H groups in total. The van der Waals surface area contributed by atoms with Crippen LogP contribution in [-0.2, 0) is 0 Å². The highest BCUT2D eigenvalue weighted by molar-refractivity contribution is 5.73. The van der Waals surface area contributed by atoms with Gasteiger partial charge in [0.25, 0.3) is 0 Å². The maximum Gasteiger partial charge on any atom is 0.357 e. The first-order valence-electron chi connectivity index (χ1n) is 4.22. The van der Waals surface area contributed by atoms with Gasteiger partial charge in [0.15, 0.2) is 6.67 Å². The van der Waals surface area contributed by atoms with Crippen LogP contribution in [0.3, 0.4) is 0 Å². The second-order valence-electron chi connectivity index (χ2n) is 3.15. The first-order valence-corrected chi connectivity index (χ1v) is 4.22. The lowest BCUT2D eigenvalue weighted by molar-refractivity contribution is -0.144. The van der Waals surface area contributed by atoms with Gasteiger partial charge in [-0.15, -0.1) is 0 Å². The number of nitrogens with zero attached hydrogens (tertiary/aromatic N) is 1. The van der Waals surface area contributed by atoms with Crippen molar-refractivity contribution in [3.8, 4) is 0 Å². The lowest BCUT2D eigenvalue weighted by Gasteiger charge is -2.32. The van der Waals surface area contributed by atoms with E-state index in [1.165, 1.54) is 0 Å². The first-order chi connectivity index (χ1) is 6.49. The van der Waals surface area contributed by atoms with Gasteiger partial charge < -0.3 is 11.1 Å². The van der Waals surface area contributed by atoms with E-state index in [2.05, 4.69) is 5.32 Å². The van der Waals surface area contributed by atoms with Crippen molar-refractivity contribution in [1.29, 1.82) is 0 Å². The number of primary amides is 1. The first kappa shape index (κ1) is 11.1. The van der Waals surface area contributed by atoms with Gasteiger partial charge in [-0.1, -0.05) is 0 Å². The second kappa shape index (κ2) is 4.04. The average molecular weight is 211 g/mol. The zero-order valence-electron chi connectivity index (χ0n) is 7.47. The van der Waals surface area contributed by atoms with Gasteiger partial charge in [-0.2, -0.15) is 8.78 Å². The summed E-state index contributed by atoms with van der Waals surface area (Å²) >= 11 is 0. The van der Waals surface area contributed by atoms with Gasteiger partial charge in [-0.3, -0.25) is 4.90 Å². The molecule has 1 aliphatic heterocycles. The van der Waals surface area contributed by atoms with E-state index in [9.17, 15) is 18.0 Å². The number of rotatable bonds is 3. The van der Waals surface area contributed by atoms with Gasteiger partial charge >= 0.3 is 12.1 Å². The molecule has 2 amide bonds. The molecule has 0 aromatic carbocycles. The average Bonchev–Trinajstić information content (AvgIpc) is 2.56. The smallest absolute Gasteiger partial charge is 0.351 e. The van der Waals surface area contributed by atoms with E-state index in [-0.39, 0.29) is 11.4 Å². The number of hydrogen-bond donors (Lipinski definition) is 2. The Morgan fingerprint density at radius 2 is 2.29 bits per heavy atom. The third-order valence-corrected chi connectivity index (χ3v) is 2.15. The summed E-state index contributed by atoms with van der Waals surface area (Å²) in [5.74, 6) is 0. The number of alkyl halides is 3. The number of carbonyl (C=O) groups excluding carboxylic acids is 1. The van der Waals surface area contributed by atoms with Crippen LogP contribution in [0.25, 0.3) is 0 Å². The molecule has 1 unspecified atom stereocenters. The second-order valence-corrected chi connectivity index (χ2v) is 3.15. The lowest BCUT2D eigenvalue weighted by atomic mass is 10.2. The molecule has 0 aromatic heterocycles. The molecule has 0 bridgehead atoms. The summed E-state index contributed by atoms with van der Waals surface area (Å²) in [4.78, 5) is 10.9. The molecule has 1 aliphatic rings. The number of carbonyl (C=O) groups is 1. The third kappa shape index (κ3) is 2.09. The SMILES string of the molecule is NC(=O)N(C1CCNC1)C(F)(F)CF. The molecule has 1 saturated heterocycles. The normalized spacial score (nSPS) is 22.4. The van der Waals surface area contributed by atoms with Gasteiger partial charge in [0, 0.05) is 6.54 Å². The van der Waals surface area contributed by atoms with E-state index in [4.69, 9.17) is 5.73 Å². The molecule has 7 heteroatoms. The molecule has 0 aliphatic carbocycles. The summed E-state index contributed by atoms with van der Waals surface area (Å²) in [6.07, 6.45) is 0.360. The Balaban J connectivity index is 2.77. The third-order valence-electron chi connectivity index (χ3n) is 2.15. The molecular weight excluding hydrogens is 199 g/mol. The number of urea groups is 1. The van der Waals surface area contributed by atoms with E-state index in [0.29, 0.717) is 13.0 Å². The Labute approximate surface area is 79.2 Å². The minimum atomic E-state index is -3.80. The number of nitrogens with one attached hydrogen (secondary N) is 1. The molecule has 82 valence electrons. The van der Waals surface area contributed by atoms with Gasteiger partial charge in [-0.25, -0.2) is 9.18 Å². The number of amides is 2. The topological polar surface area (TPSA) is 58.4 Å². The van der Waals surface area contributed by atoms with Crippen LogP contribution >= 0.6 is 0 Å². The molecule has 14 heavy (non-hydrogen) atoms. The van der Waals surface area contributed by atoms with Crippen molar-refractivity contribution in [1.82, 2.24) is 10.2 Å². The largest absolute Gasteiger partial charge is 0.357 e. The monoisotopic (exact) mass is 211 g/mol. The lowest BCUT2D eigenvalue weighted by Crippen LogP contribution is -2.55. The molecule has 4 nitrogen and oxygen atoms in total. The van der Waals surface area contributed by atoms with Crippen LogP contribution in [0.1, 0.15) is 6.42 Å². The van der Waals surface area contributed by atoms with Crippen molar-refractivity contribution in [3.63, 3.8) is 0 Å². The predicted molar refractivity (Wildman–Crippen MR) is 43.6 cm³/mol. The van der Waals surface area contributed by atoms with E-state index in [1.54, 1.807) is 0 Å². The maximum absolute atomic E-state index is 12.9. The fourth-order valence-corrected chi connectivity index (χ4v) is 1.53. The molecule has 1 rings (SSSR count). The Morgan fingerprint density at radius 3 is 2.64 bits per heavy atom. The predicted octanol–water partition coefficient (Wildman–Crippen LogP) is 0.291. The fourth-order valence-electron chi connectivity index (χ4n) is 1.53. The highest BCUT2D eigenvalue weighted by atomic mass is 19.3. The Morgan fingerprint density at radius 1 is 1.64 bits per heavy atom. The van der Waals surface area contributed by atoms with Crippen LogP contribution < -0.4 is 11.1 Å². The van der Waals surface area contributed by atoms with Crippen LogP contribution in [0.5, 0.6) is 0 Å². The van der Waals surface area contributed by atoms with Crippen LogP contribution in [0, 0.1) is 0 Å². The van der Waals surface area contributed by atoms with Crippen LogP contribution in [-0.4, -0.2) is 42.8 Å². The molecule has 0 saturated carbocycles. The summed E-state index contributed by atoms with van der Waals surface area (Å²) in [7, 11) is 0. The van der Waals surface area contributed by atoms with Crippen molar-refractivity contribution in [2.75, 3.05) is 19.8 Å². The van der Waals surface area contributed by atoms with E-state index in [0.717, 1.165) is 0 Å². The standard InChI is InChI=1S/C7H12F3N3O/c8-4-7(9,10)13(6(11)14)5-1-2-12-3-5/h5,12H,1-4H2,(H2,11,14). The zero-order valence-corrected chi connectivity index (χ0v) is 7.47. The summed E-state index contributed by atoms with van der Waals surface area (Å²) < 4.78 is 37.9. The van der Waals surface area contributed by atoms with Crippen molar-refractivity contribution in [3.05, 3.63) is 0 Å². The minimum absolute atomic E-state index is 0.118. The number of halogens is 3. The van der Waals surface area contributed by atoms with Crippen molar-refractivity contribution >= 4 is 6.03 Å². The Kier molecular flexibility index (Phi) is 3.20. The molecule has 0 spiro atoms. The van der Waals surface area contributed by atoms with Gasteiger partial charge in [0.05, 0.1) is 6.04 Å². The quantitative estimate of drug-likeness (QED) is 0.659. The van der Waals surface area contributed by atoms with Crippen LogP contribution in [0.2, 0.25) is 0 Å². The van der Waals surface area contributed by atoms with E-state index >= 15 is 0 Å². The van der Waals surface area contributed by atoms with Gasteiger partial charge in [0.2, 0.25) is 0 Å². The number of hydrogen-bond acceptors (Lipinski definition) is 2. The van der Waals surface area contributed by atoms with Crippen molar-refractivity contribution in [2.24, 2.45) is 5.73 Å². The highest BCUT2D eigenvalue weighted by Crippen LogP contribution is 2.25. The summed E-state index contributed by atoms with van der Waals surface area (Å²) in [5, 5.41) is 2.80. The summed E-state index contributed by atoms with van der Waals surface area (Å²) in [6, 6.07) is -5.82. The van der Waals surface area contributed by atoms with E-state index < -0.39 is 24.8 Å². The molecule has 1 fully saturated rings. The van der Waals surface area contributed by atoms with Gasteiger partial charge in [-0.05, 0) is 13.0 Å². The number of nitrogens with two attached hydrogens (primary N) is 1. The minimum Gasteiger partial charge on any atom is -0.351 e. The Hall–Kier alpha value is -0.980. The summed E-state index contributed by atoms with van der Waals surface area (Å²) in [5.41, 5.74) is 4.79. The molecule has 1 atom stereocenters. The highest BCUT2D eigenvalue weighted by Gasteiger charge is 2.44. The van der Waals surface area contributed by atoms with Crippen LogP contribution in [0.4, 0.5) is 18.0 Å². The molecule has 1 heterocycles. The maximum atomic E-state index is 12.9. The van der Waals surface area contributed by atoms with Crippen molar-refractivity contribution < 1.29 is 18.0 Å². The molecule has 0 radical (unpaired) electrons. The fraction of sp³-hybridized carbons (Fsp3) is 0.857. The zero-order chi connectivity index (χ0) is 10.8. The molecular formula is C7H12F3N3O.